The number of rotatable bonds is 1. The van der Waals surface area contributed by atoms with Gasteiger partial charge in [0.25, 0.3) is 0 Å². The average Bonchev–Trinajstić information content (AvgIpc) is 2.17. The highest BCUT2D eigenvalue weighted by Gasteiger charge is 2.05. The SMILES string of the molecule is C[C@@H](Br)c1cccc2cccnc12. The number of halogens is 1. The van der Waals surface area contributed by atoms with Crippen LogP contribution >= 0.6 is 15.9 Å². The monoisotopic (exact) mass is 235 g/mol. The van der Waals surface area contributed by atoms with Crippen molar-refractivity contribution >= 4 is 26.8 Å². The lowest BCUT2D eigenvalue weighted by atomic mass is 10.1. The van der Waals surface area contributed by atoms with Crippen LogP contribution in [0.2, 0.25) is 0 Å². The predicted octanol–water partition coefficient (Wildman–Crippen LogP) is 3.69. The first-order valence-electron chi connectivity index (χ1n) is 4.27. The maximum atomic E-state index is 4.37. The first-order chi connectivity index (χ1) is 6.29. The second-order valence-corrected chi connectivity index (χ2v) is 4.41. The van der Waals surface area contributed by atoms with Gasteiger partial charge in [-0.05, 0) is 18.6 Å². The summed E-state index contributed by atoms with van der Waals surface area (Å²) in [6.45, 7) is 2.11. The van der Waals surface area contributed by atoms with E-state index in [1.165, 1.54) is 10.9 Å². The lowest BCUT2D eigenvalue weighted by molar-refractivity contribution is 1.13. The topological polar surface area (TPSA) is 12.9 Å². The summed E-state index contributed by atoms with van der Waals surface area (Å²) in [5.41, 5.74) is 2.34. The summed E-state index contributed by atoms with van der Waals surface area (Å²) < 4.78 is 0. The second kappa shape index (κ2) is 3.46. The Kier molecular flexibility index (Phi) is 2.32. The van der Waals surface area contributed by atoms with E-state index in [1.807, 2.05) is 12.3 Å². The van der Waals surface area contributed by atoms with E-state index in [0.717, 1.165) is 5.52 Å². The molecule has 1 aromatic carbocycles. The van der Waals surface area contributed by atoms with Crippen molar-refractivity contribution in [2.75, 3.05) is 0 Å². The highest BCUT2D eigenvalue weighted by molar-refractivity contribution is 9.09. The molecule has 0 saturated heterocycles. The first kappa shape index (κ1) is 8.70. The van der Waals surface area contributed by atoms with Crippen molar-refractivity contribution in [3.63, 3.8) is 0 Å². The number of nitrogens with zero attached hydrogens (tertiary/aromatic N) is 1. The predicted molar refractivity (Wildman–Crippen MR) is 59.1 cm³/mol. The molecule has 13 heavy (non-hydrogen) atoms. The van der Waals surface area contributed by atoms with Gasteiger partial charge in [-0.25, -0.2) is 0 Å². The van der Waals surface area contributed by atoms with Crippen LogP contribution in [-0.4, -0.2) is 4.98 Å². The van der Waals surface area contributed by atoms with Gasteiger partial charge in [0.15, 0.2) is 0 Å². The fraction of sp³-hybridized carbons (Fsp3) is 0.182. The highest BCUT2D eigenvalue weighted by Crippen LogP contribution is 2.27. The van der Waals surface area contributed by atoms with Gasteiger partial charge in [0.05, 0.1) is 5.52 Å². The Morgan fingerprint density at radius 1 is 1.23 bits per heavy atom. The largest absolute Gasteiger partial charge is 0.256 e. The van der Waals surface area contributed by atoms with Crippen LogP contribution in [0.3, 0.4) is 0 Å². The molecule has 0 aliphatic heterocycles. The van der Waals surface area contributed by atoms with Crippen molar-refractivity contribution in [2.45, 2.75) is 11.8 Å². The molecule has 0 spiro atoms. The quantitative estimate of drug-likeness (QED) is 0.688. The van der Waals surface area contributed by atoms with E-state index >= 15 is 0 Å². The maximum absolute atomic E-state index is 4.37. The van der Waals surface area contributed by atoms with E-state index in [0.29, 0.717) is 4.83 Å². The van der Waals surface area contributed by atoms with Crippen molar-refractivity contribution in [3.05, 3.63) is 42.1 Å². The van der Waals surface area contributed by atoms with Crippen molar-refractivity contribution in [1.82, 2.24) is 4.98 Å². The van der Waals surface area contributed by atoms with Crippen LogP contribution in [0.4, 0.5) is 0 Å². The zero-order valence-electron chi connectivity index (χ0n) is 7.37. The Hall–Kier alpha value is -0.890. The Balaban J connectivity index is 2.76. The number of fused-ring (bicyclic) bond motifs is 1. The van der Waals surface area contributed by atoms with Crippen LogP contribution in [-0.2, 0) is 0 Å². The minimum Gasteiger partial charge on any atom is -0.256 e. The van der Waals surface area contributed by atoms with Gasteiger partial charge in [0.2, 0.25) is 0 Å². The van der Waals surface area contributed by atoms with Crippen LogP contribution < -0.4 is 0 Å². The molecule has 2 aromatic rings. The normalized spacial score (nSPS) is 13.1. The smallest absolute Gasteiger partial charge is 0.0745 e. The summed E-state index contributed by atoms with van der Waals surface area (Å²) in [5.74, 6) is 0. The molecule has 66 valence electrons. The lowest BCUT2D eigenvalue weighted by Gasteiger charge is -2.06. The summed E-state index contributed by atoms with van der Waals surface area (Å²) in [7, 11) is 0. The zero-order chi connectivity index (χ0) is 9.26. The number of aromatic nitrogens is 1. The third kappa shape index (κ3) is 1.59. The van der Waals surface area contributed by atoms with E-state index in [9.17, 15) is 0 Å². The molecular formula is C11H10BrN. The van der Waals surface area contributed by atoms with Crippen LogP contribution in [0.15, 0.2) is 36.5 Å². The molecule has 1 atom stereocenters. The first-order valence-corrected chi connectivity index (χ1v) is 5.18. The second-order valence-electron chi connectivity index (χ2n) is 3.04. The molecule has 0 fully saturated rings. The van der Waals surface area contributed by atoms with E-state index < -0.39 is 0 Å². The number of hydrogen-bond acceptors (Lipinski definition) is 1. The molecule has 1 heterocycles. The summed E-state index contributed by atoms with van der Waals surface area (Å²) in [5, 5.41) is 1.20. The van der Waals surface area contributed by atoms with E-state index in [1.54, 1.807) is 0 Å². The van der Waals surface area contributed by atoms with Crippen LogP contribution in [0.1, 0.15) is 17.3 Å². The number of alkyl halides is 1. The van der Waals surface area contributed by atoms with Crippen LogP contribution in [0, 0.1) is 0 Å². The number of hydrogen-bond donors (Lipinski definition) is 0. The van der Waals surface area contributed by atoms with E-state index in [4.69, 9.17) is 0 Å². The average molecular weight is 236 g/mol. The molecular weight excluding hydrogens is 226 g/mol. The van der Waals surface area contributed by atoms with Gasteiger partial charge < -0.3 is 0 Å². The van der Waals surface area contributed by atoms with Gasteiger partial charge in [-0.2, -0.15) is 0 Å². The van der Waals surface area contributed by atoms with Gasteiger partial charge in [-0.1, -0.05) is 40.2 Å². The van der Waals surface area contributed by atoms with Crippen molar-refractivity contribution in [3.8, 4) is 0 Å². The summed E-state index contributed by atoms with van der Waals surface area (Å²) in [6, 6.07) is 10.3. The van der Waals surface area contributed by atoms with Gasteiger partial charge in [0, 0.05) is 16.4 Å². The minimum absolute atomic E-state index is 0.353. The molecule has 2 rings (SSSR count). The van der Waals surface area contributed by atoms with Crippen molar-refractivity contribution in [2.24, 2.45) is 0 Å². The zero-order valence-corrected chi connectivity index (χ0v) is 8.95. The van der Waals surface area contributed by atoms with Gasteiger partial charge in [-0.15, -0.1) is 0 Å². The van der Waals surface area contributed by atoms with Gasteiger partial charge in [-0.3, -0.25) is 4.98 Å². The molecule has 0 N–H and O–H groups in total. The molecule has 0 saturated carbocycles. The van der Waals surface area contributed by atoms with E-state index in [2.05, 4.69) is 52.1 Å². The fourth-order valence-electron chi connectivity index (χ4n) is 1.45. The Labute approximate surface area is 85.9 Å². The Bertz CT molecular complexity index is 418. The molecule has 1 aromatic heterocycles. The van der Waals surface area contributed by atoms with Crippen molar-refractivity contribution in [1.29, 1.82) is 0 Å². The van der Waals surface area contributed by atoms with Gasteiger partial charge in [0.1, 0.15) is 0 Å². The summed E-state index contributed by atoms with van der Waals surface area (Å²) in [6.07, 6.45) is 1.83. The maximum Gasteiger partial charge on any atom is 0.0745 e. The molecule has 1 nitrogen and oxygen atoms in total. The van der Waals surface area contributed by atoms with Crippen molar-refractivity contribution < 1.29 is 0 Å². The van der Waals surface area contributed by atoms with Gasteiger partial charge >= 0.3 is 0 Å². The van der Waals surface area contributed by atoms with Crippen LogP contribution in [0.25, 0.3) is 10.9 Å². The Morgan fingerprint density at radius 2 is 2.00 bits per heavy atom. The molecule has 0 aliphatic carbocycles. The molecule has 0 aliphatic rings. The highest BCUT2D eigenvalue weighted by atomic mass is 79.9. The molecule has 0 radical (unpaired) electrons. The lowest BCUT2D eigenvalue weighted by Crippen LogP contribution is -1.88. The molecule has 2 heteroatoms. The third-order valence-electron chi connectivity index (χ3n) is 2.09. The minimum atomic E-state index is 0.353. The molecule has 0 amide bonds. The standard InChI is InChI=1S/C11H10BrN/c1-8(12)10-6-2-4-9-5-3-7-13-11(9)10/h2-8H,1H3/t8-/m1/s1. The number of benzene rings is 1. The number of para-hydroxylation sites is 1. The summed E-state index contributed by atoms with van der Waals surface area (Å²) in [4.78, 5) is 4.73. The van der Waals surface area contributed by atoms with Crippen LogP contribution in [0.5, 0.6) is 0 Å². The molecule has 0 unspecified atom stereocenters. The number of pyridine rings is 1. The third-order valence-corrected chi connectivity index (χ3v) is 2.59. The summed E-state index contributed by atoms with van der Waals surface area (Å²) >= 11 is 3.56. The Morgan fingerprint density at radius 3 is 2.77 bits per heavy atom. The molecule has 0 bridgehead atoms. The van der Waals surface area contributed by atoms with E-state index in [-0.39, 0.29) is 0 Å². The fourth-order valence-corrected chi connectivity index (χ4v) is 1.82.